The maximum absolute atomic E-state index is 12.0. The minimum Gasteiger partial charge on any atom is -0.467 e. The summed E-state index contributed by atoms with van der Waals surface area (Å²) in [5, 5.41) is 5.48. The fraction of sp³-hybridized carbons (Fsp3) is 0.571. The van der Waals surface area contributed by atoms with Gasteiger partial charge in [-0.1, -0.05) is 13.3 Å². The number of nitrogens with one attached hydrogen (secondary N) is 2. The molecular formula is C14H22N2O3. The van der Waals surface area contributed by atoms with Gasteiger partial charge in [0.1, 0.15) is 11.2 Å². The van der Waals surface area contributed by atoms with Crippen molar-refractivity contribution in [3.05, 3.63) is 24.2 Å². The number of hydrogen-bond donors (Lipinski definition) is 2. The molecule has 19 heavy (non-hydrogen) atoms. The Hall–Kier alpha value is -1.78. The van der Waals surface area contributed by atoms with Crippen molar-refractivity contribution in [1.82, 2.24) is 10.6 Å². The Morgan fingerprint density at radius 3 is 2.53 bits per heavy atom. The Bertz CT molecular complexity index is 410. The quantitative estimate of drug-likeness (QED) is 0.584. The fourth-order valence-corrected chi connectivity index (χ4v) is 1.50. The van der Waals surface area contributed by atoms with Crippen LogP contribution in [0, 0.1) is 5.41 Å². The number of carbonyl (C=O) groups is 2. The number of rotatable bonds is 7. The van der Waals surface area contributed by atoms with Crippen molar-refractivity contribution in [2.45, 2.75) is 40.2 Å². The standard InChI is InChI=1S/C14H22N2O3/c1-4-5-8-15-12(17)14(2,3)13(18)16-10-11-7-6-9-19-11/h6-7,9H,4-5,8,10H2,1-3H3,(H,15,17)(H,16,18). The molecule has 1 heterocycles. The number of carbonyl (C=O) groups excluding carboxylic acids is 2. The Kier molecular flexibility index (Phi) is 5.60. The summed E-state index contributed by atoms with van der Waals surface area (Å²) in [4.78, 5) is 24.0. The molecule has 0 aliphatic heterocycles. The highest BCUT2D eigenvalue weighted by molar-refractivity contribution is 6.04. The van der Waals surface area contributed by atoms with Gasteiger partial charge in [-0.2, -0.15) is 0 Å². The molecule has 0 atom stereocenters. The molecule has 0 saturated carbocycles. The lowest BCUT2D eigenvalue weighted by molar-refractivity contribution is -0.141. The van der Waals surface area contributed by atoms with Gasteiger partial charge in [0.2, 0.25) is 11.8 Å². The molecule has 1 rings (SSSR count). The van der Waals surface area contributed by atoms with Gasteiger partial charge in [0.05, 0.1) is 12.8 Å². The summed E-state index contributed by atoms with van der Waals surface area (Å²) in [6.45, 7) is 6.17. The van der Waals surface area contributed by atoms with Crippen LogP contribution in [-0.4, -0.2) is 18.4 Å². The van der Waals surface area contributed by atoms with Crippen LogP contribution in [0.3, 0.4) is 0 Å². The molecule has 5 nitrogen and oxygen atoms in total. The van der Waals surface area contributed by atoms with Gasteiger partial charge in [-0.25, -0.2) is 0 Å². The Morgan fingerprint density at radius 1 is 1.26 bits per heavy atom. The van der Waals surface area contributed by atoms with E-state index in [4.69, 9.17) is 4.42 Å². The fourth-order valence-electron chi connectivity index (χ4n) is 1.50. The van der Waals surface area contributed by atoms with Crippen LogP contribution >= 0.6 is 0 Å². The predicted octanol–water partition coefficient (Wildman–Crippen LogP) is 1.84. The number of amides is 2. The van der Waals surface area contributed by atoms with Gasteiger partial charge >= 0.3 is 0 Å². The molecule has 0 unspecified atom stereocenters. The smallest absolute Gasteiger partial charge is 0.235 e. The molecule has 106 valence electrons. The van der Waals surface area contributed by atoms with E-state index < -0.39 is 5.41 Å². The van der Waals surface area contributed by atoms with E-state index in [-0.39, 0.29) is 18.4 Å². The van der Waals surface area contributed by atoms with Crippen molar-refractivity contribution in [2.75, 3.05) is 6.54 Å². The molecule has 2 N–H and O–H groups in total. The highest BCUT2D eigenvalue weighted by atomic mass is 16.3. The highest BCUT2D eigenvalue weighted by Crippen LogP contribution is 2.15. The van der Waals surface area contributed by atoms with Gasteiger partial charge in [-0.3, -0.25) is 9.59 Å². The summed E-state index contributed by atoms with van der Waals surface area (Å²) in [7, 11) is 0. The minimum absolute atomic E-state index is 0.252. The normalized spacial score (nSPS) is 11.1. The van der Waals surface area contributed by atoms with E-state index in [1.54, 1.807) is 32.2 Å². The number of furan rings is 1. The van der Waals surface area contributed by atoms with Crippen molar-refractivity contribution in [3.8, 4) is 0 Å². The van der Waals surface area contributed by atoms with Gasteiger partial charge in [0.25, 0.3) is 0 Å². The Labute approximate surface area is 113 Å². The summed E-state index contributed by atoms with van der Waals surface area (Å²) < 4.78 is 5.12. The first-order valence-electron chi connectivity index (χ1n) is 6.57. The third kappa shape index (κ3) is 4.43. The average molecular weight is 266 g/mol. The third-order valence-electron chi connectivity index (χ3n) is 2.95. The zero-order valence-corrected chi connectivity index (χ0v) is 11.8. The summed E-state index contributed by atoms with van der Waals surface area (Å²) in [6, 6.07) is 3.53. The predicted molar refractivity (Wildman–Crippen MR) is 72.3 cm³/mol. The Morgan fingerprint density at radius 2 is 1.95 bits per heavy atom. The van der Waals surface area contributed by atoms with E-state index in [9.17, 15) is 9.59 Å². The van der Waals surface area contributed by atoms with Crippen molar-refractivity contribution < 1.29 is 14.0 Å². The SMILES string of the molecule is CCCCNC(=O)C(C)(C)C(=O)NCc1ccco1. The third-order valence-corrected chi connectivity index (χ3v) is 2.95. The van der Waals surface area contributed by atoms with Crippen LogP contribution < -0.4 is 10.6 Å². The second kappa shape index (κ2) is 6.97. The molecule has 1 aromatic rings. The molecule has 0 spiro atoms. The van der Waals surface area contributed by atoms with Crippen LogP contribution in [0.25, 0.3) is 0 Å². The maximum Gasteiger partial charge on any atom is 0.235 e. The van der Waals surface area contributed by atoms with Crippen molar-refractivity contribution in [1.29, 1.82) is 0 Å². The van der Waals surface area contributed by atoms with Crippen molar-refractivity contribution >= 4 is 11.8 Å². The molecule has 0 aromatic carbocycles. The van der Waals surface area contributed by atoms with E-state index in [0.717, 1.165) is 12.8 Å². The summed E-state index contributed by atoms with van der Waals surface area (Å²) >= 11 is 0. The molecule has 0 radical (unpaired) electrons. The topological polar surface area (TPSA) is 71.3 Å². The lowest BCUT2D eigenvalue weighted by Gasteiger charge is -2.22. The largest absolute Gasteiger partial charge is 0.467 e. The molecule has 0 fully saturated rings. The molecule has 5 heteroatoms. The Balaban J connectivity index is 2.45. The average Bonchev–Trinajstić information content (AvgIpc) is 2.89. The lowest BCUT2D eigenvalue weighted by Crippen LogP contribution is -2.47. The highest BCUT2D eigenvalue weighted by Gasteiger charge is 2.35. The van der Waals surface area contributed by atoms with E-state index in [2.05, 4.69) is 10.6 Å². The molecule has 1 aromatic heterocycles. The zero-order valence-electron chi connectivity index (χ0n) is 11.8. The first-order chi connectivity index (χ1) is 8.98. The monoisotopic (exact) mass is 266 g/mol. The van der Waals surface area contributed by atoms with Crippen LogP contribution in [0.15, 0.2) is 22.8 Å². The second-order valence-electron chi connectivity index (χ2n) is 5.00. The van der Waals surface area contributed by atoms with Gasteiger partial charge in [-0.15, -0.1) is 0 Å². The lowest BCUT2D eigenvalue weighted by atomic mass is 9.91. The maximum atomic E-state index is 12.0. The van der Waals surface area contributed by atoms with Crippen LogP contribution in [0.5, 0.6) is 0 Å². The van der Waals surface area contributed by atoms with Gasteiger partial charge < -0.3 is 15.1 Å². The summed E-state index contributed by atoms with van der Waals surface area (Å²) in [5.74, 6) is 0.103. The van der Waals surface area contributed by atoms with E-state index in [1.165, 1.54) is 0 Å². The molecule has 0 aliphatic carbocycles. The first kappa shape index (κ1) is 15.3. The van der Waals surface area contributed by atoms with E-state index in [1.807, 2.05) is 6.92 Å². The van der Waals surface area contributed by atoms with E-state index in [0.29, 0.717) is 12.3 Å². The van der Waals surface area contributed by atoms with Crippen LogP contribution in [0.2, 0.25) is 0 Å². The zero-order chi connectivity index (χ0) is 14.3. The molecule has 2 amide bonds. The number of hydrogen-bond acceptors (Lipinski definition) is 3. The van der Waals surface area contributed by atoms with Crippen LogP contribution in [0.4, 0.5) is 0 Å². The minimum atomic E-state index is -1.08. The van der Waals surface area contributed by atoms with Crippen LogP contribution in [0.1, 0.15) is 39.4 Å². The molecule has 0 aliphatic rings. The van der Waals surface area contributed by atoms with Gasteiger partial charge in [0.15, 0.2) is 0 Å². The second-order valence-corrected chi connectivity index (χ2v) is 5.00. The van der Waals surface area contributed by atoms with E-state index >= 15 is 0 Å². The van der Waals surface area contributed by atoms with Crippen molar-refractivity contribution in [2.24, 2.45) is 5.41 Å². The molecule has 0 bridgehead atoms. The first-order valence-corrected chi connectivity index (χ1v) is 6.57. The van der Waals surface area contributed by atoms with Gasteiger partial charge in [-0.05, 0) is 32.4 Å². The molecule has 0 saturated heterocycles. The number of unbranched alkanes of at least 4 members (excludes halogenated alkanes) is 1. The van der Waals surface area contributed by atoms with Crippen LogP contribution in [-0.2, 0) is 16.1 Å². The van der Waals surface area contributed by atoms with Gasteiger partial charge in [0, 0.05) is 6.54 Å². The van der Waals surface area contributed by atoms with Crippen molar-refractivity contribution in [3.63, 3.8) is 0 Å². The molecular weight excluding hydrogens is 244 g/mol. The summed E-state index contributed by atoms with van der Waals surface area (Å²) in [5.41, 5.74) is -1.08. The summed E-state index contributed by atoms with van der Waals surface area (Å²) in [6.07, 6.45) is 3.46.